The SMILES string of the molecule is COc1cc(-c2cccc(-c3cccc(NCc4cc(OC)c(CN(C)CC5CCCCC5)cc4[N+](=O)[O-])c3C=N)c2Cl)ccc1CNCC1CCC(=O)N1. The van der Waals surface area contributed by atoms with Gasteiger partial charge in [0.1, 0.15) is 11.5 Å². The molecule has 1 unspecified atom stereocenters. The molecule has 4 aromatic carbocycles. The molecule has 1 heterocycles. The number of halogens is 1. The maximum Gasteiger partial charge on any atom is 0.274 e. The van der Waals surface area contributed by atoms with Crippen LogP contribution in [0.2, 0.25) is 5.02 Å². The first-order valence-corrected chi connectivity index (χ1v) is 19.4. The molecule has 12 heteroatoms. The van der Waals surface area contributed by atoms with E-state index in [1.165, 1.54) is 38.3 Å². The lowest BCUT2D eigenvalue weighted by Gasteiger charge is -2.27. The second-order valence-electron chi connectivity index (χ2n) is 14.6. The van der Waals surface area contributed by atoms with Crippen molar-refractivity contribution in [2.24, 2.45) is 5.92 Å². The van der Waals surface area contributed by atoms with E-state index in [1.807, 2.05) is 54.6 Å². The van der Waals surface area contributed by atoms with Crippen LogP contribution in [0.4, 0.5) is 11.4 Å². The molecule has 4 N–H and O–H groups in total. The first-order chi connectivity index (χ1) is 26.7. The smallest absolute Gasteiger partial charge is 0.274 e. The van der Waals surface area contributed by atoms with Crippen LogP contribution in [0.5, 0.6) is 11.5 Å². The van der Waals surface area contributed by atoms with Crippen molar-refractivity contribution in [3.63, 3.8) is 0 Å². The average Bonchev–Trinajstić information content (AvgIpc) is 3.61. The van der Waals surface area contributed by atoms with Gasteiger partial charge in [0.2, 0.25) is 5.91 Å². The van der Waals surface area contributed by atoms with Gasteiger partial charge in [0.05, 0.1) is 29.7 Å². The van der Waals surface area contributed by atoms with Gasteiger partial charge in [-0.1, -0.05) is 73.3 Å². The highest BCUT2D eigenvalue weighted by atomic mass is 35.5. The monoisotopic (exact) mass is 766 g/mol. The molecular weight excluding hydrogens is 716 g/mol. The molecule has 2 fully saturated rings. The highest BCUT2D eigenvalue weighted by Crippen LogP contribution is 2.40. The zero-order valence-corrected chi connectivity index (χ0v) is 32.6. The predicted molar refractivity (Wildman–Crippen MR) is 220 cm³/mol. The Morgan fingerprint density at radius 3 is 2.36 bits per heavy atom. The van der Waals surface area contributed by atoms with Crippen molar-refractivity contribution in [1.82, 2.24) is 15.5 Å². The van der Waals surface area contributed by atoms with Crippen molar-refractivity contribution in [2.45, 2.75) is 70.6 Å². The number of hydrogen-bond acceptors (Lipinski definition) is 9. The summed E-state index contributed by atoms with van der Waals surface area (Å²) in [7, 11) is 5.31. The number of benzene rings is 4. The average molecular weight is 767 g/mol. The largest absolute Gasteiger partial charge is 0.496 e. The third-order valence-corrected chi connectivity index (χ3v) is 11.2. The molecule has 4 aromatic rings. The summed E-state index contributed by atoms with van der Waals surface area (Å²) in [5, 5.41) is 31.1. The summed E-state index contributed by atoms with van der Waals surface area (Å²) in [6.07, 6.45) is 8.99. The van der Waals surface area contributed by atoms with Crippen molar-refractivity contribution in [2.75, 3.05) is 39.7 Å². The summed E-state index contributed by atoms with van der Waals surface area (Å²) in [4.78, 5) is 25.8. The number of anilines is 1. The fourth-order valence-corrected chi connectivity index (χ4v) is 8.31. The Bertz CT molecular complexity index is 2020. The lowest BCUT2D eigenvalue weighted by atomic mass is 9.89. The van der Waals surface area contributed by atoms with Gasteiger partial charge in [0.25, 0.3) is 5.69 Å². The fraction of sp³-hybridized carbons (Fsp3) is 0.395. The molecule has 0 aromatic heterocycles. The van der Waals surface area contributed by atoms with Crippen molar-refractivity contribution in [3.05, 3.63) is 104 Å². The Hall–Kier alpha value is -4.97. The number of rotatable bonds is 17. The Kier molecular flexibility index (Phi) is 13.4. The molecule has 1 amide bonds. The van der Waals surface area contributed by atoms with Crippen LogP contribution in [-0.2, 0) is 24.4 Å². The number of ether oxygens (including phenoxy) is 2. The third-order valence-electron chi connectivity index (χ3n) is 10.8. The summed E-state index contributed by atoms with van der Waals surface area (Å²) in [6, 6.07) is 21.0. The van der Waals surface area contributed by atoms with E-state index in [4.69, 9.17) is 26.5 Å². The zero-order valence-electron chi connectivity index (χ0n) is 31.9. The molecule has 0 radical (unpaired) electrons. The number of carbonyl (C=O) groups is 1. The lowest BCUT2D eigenvalue weighted by molar-refractivity contribution is -0.385. The topological polar surface area (TPSA) is 142 Å². The quantitative estimate of drug-likeness (QED) is 0.0476. The number of nitrogens with one attached hydrogen (secondary N) is 4. The number of nitrogens with zero attached hydrogens (tertiary/aromatic N) is 2. The summed E-state index contributed by atoms with van der Waals surface area (Å²) in [5.41, 5.74) is 6.73. The molecule has 55 heavy (non-hydrogen) atoms. The maximum absolute atomic E-state index is 12.3. The van der Waals surface area contributed by atoms with E-state index in [0.717, 1.165) is 52.1 Å². The summed E-state index contributed by atoms with van der Waals surface area (Å²) in [5.74, 6) is 2.09. The summed E-state index contributed by atoms with van der Waals surface area (Å²) in [6.45, 7) is 2.94. The van der Waals surface area contributed by atoms with Crippen LogP contribution in [-0.4, -0.2) is 62.3 Å². The molecular formula is C43H51ClN6O5. The number of methoxy groups -OCH3 is 2. The maximum atomic E-state index is 12.3. The van der Waals surface area contributed by atoms with Crippen LogP contribution in [0.25, 0.3) is 22.3 Å². The van der Waals surface area contributed by atoms with Crippen molar-refractivity contribution < 1.29 is 19.2 Å². The summed E-state index contributed by atoms with van der Waals surface area (Å²) >= 11 is 7.15. The van der Waals surface area contributed by atoms with E-state index in [9.17, 15) is 14.9 Å². The first kappa shape index (κ1) is 39.7. The van der Waals surface area contributed by atoms with Gasteiger partial charge in [0, 0.05) is 91.0 Å². The van der Waals surface area contributed by atoms with E-state index in [1.54, 1.807) is 26.4 Å². The van der Waals surface area contributed by atoms with Crippen molar-refractivity contribution in [3.8, 4) is 33.8 Å². The Morgan fingerprint density at radius 1 is 0.927 bits per heavy atom. The van der Waals surface area contributed by atoms with Gasteiger partial charge >= 0.3 is 0 Å². The minimum Gasteiger partial charge on any atom is -0.496 e. The minimum absolute atomic E-state index is 0.0252. The van der Waals surface area contributed by atoms with E-state index in [-0.39, 0.29) is 29.1 Å². The van der Waals surface area contributed by atoms with Gasteiger partial charge in [-0.2, -0.15) is 0 Å². The molecule has 2 aliphatic rings. The third kappa shape index (κ3) is 9.65. The van der Waals surface area contributed by atoms with Gasteiger partial charge in [-0.25, -0.2) is 0 Å². The van der Waals surface area contributed by atoms with Crippen LogP contribution < -0.4 is 25.4 Å². The molecule has 11 nitrogen and oxygen atoms in total. The Labute approximate surface area is 328 Å². The number of hydrogen-bond donors (Lipinski definition) is 4. The van der Waals surface area contributed by atoms with Gasteiger partial charge in [0.15, 0.2) is 0 Å². The molecule has 1 aliphatic carbocycles. The summed E-state index contributed by atoms with van der Waals surface area (Å²) < 4.78 is 11.5. The number of amides is 1. The van der Waals surface area contributed by atoms with Crippen LogP contribution in [0.3, 0.4) is 0 Å². The molecule has 1 atom stereocenters. The molecule has 0 spiro atoms. The van der Waals surface area contributed by atoms with Crippen molar-refractivity contribution in [1.29, 1.82) is 5.41 Å². The molecule has 1 aliphatic heterocycles. The fourth-order valence-electron chi connectivity index (χ4n) is 7.98. The Balaban J connectivity index is 1.20. The standard InChI is InChI=1S/C43H51ClN6O5/c1-49(26-28-9-5-4-6-10-28)27-32-19-39(50(52)53)31(21-41(32)55-3)24-47-38-14-8-12-35(37(38)22-45)36-13-7-11-34(43(36)44)29-15-16-30(40(20-29)54-2)23-46-25-33-17-18-42(51)48-33/h7-8,11-16,19-22,28,33,45-47H,4-6,9-10,17-18,23-27H2,1-3H3,(H,48,51). The second kappa shape index (κ2) is 18.6. The van der Waals surface area contributed by atoms with Crippen LogP contribution in [0.1, 0.15) is 67.2 Å². The van der Waals surface area contributed by atoms with Crippen LogP contribution in [0, 0.1) is 21.4 Å². The lowest BCUT2D eigenvalue weighted by Crippen LogP contribution is -2.35. The molecule has 0 bridgehead atoms. The van der Waals surface area contributed by atoms with Crippen LogP contribution >= 0.6 is 11.6 Å². The van der Waals surface area contributed by atoms with Crippen molar-refractivity contribution >= 4 is 35.1 Å². The zero-order chi connectivity index (χ0) is 38.9. The predicted octanol–water partition coefficient (Wildman–Crippen LogP) is 8.59. The van der Waals surface area contributed by atoms with E-state index in [0.29, 0.717) is 59.6 Å². The Morgan fingerprint density at radius 2 is 1.65 bits per heavy atom. The molecule has 290 valence electrons. The number of carbonyl (C=O) groups excluding carboxylic acids is 1. The highest BCUT2D eigenvalue weighted by molar-refractivity contribution is 6.36. The first-order valence-electron chi connectivity index (χ1n) is 19.0. The second-order valence-corrected chi connectivity index (χ2v) is 15.0. The van der Waals surface area contributed by atoms with Crippen LogP contribution in [0.15, 0.2) is 66.7 Å². The van der Waals surface area contributed by atoms with E-state index in [2.05, 4.69) is 27.9 Å². The molecule has 6 rings (SSSR count). The van der Waals surface area contributed by atoms with E-state index >= 15 is 0 Å². The van der Waals surface area contributed by atoms with Gasteiger partial charge in [-0.15, -0.1) is 0 Å². The van der Waals surface area contributed by atoms with Gasteiger partial charge in [-0.05, 0) is 61.6 Å². The minimum atomic E-state index is -0.338. The number of nitro groups is 1. The number of nitro benzene ring substituents is 1. The van der Waals surface area contributed by atoms with Gasteiger partial charge < -0.3 is 35.7 Å². The van der Waals surface area contributed by atoms with Gasteiger partial charge in [-0.3, -0.25) is 14.9 Å². The highest BCUT2D eigenvalue weighted by Gasteiger charge is 2.23. The van der Waals surface area contributed by atoms with E-state index < -0.39 is 0 Å². The normalized spacial score (nSPS) is 15.9. The molecule has 1 saturated heterocycles. The molecule has 1 saturated carbocycles.